The van der Waals surface area contributed by atoms with Crippen LogP contribution in [0.4, 0.5) is 0 Å². The van der Waals surface area contributed by atoms with Gasteiger partial charge in [-0.2, -0.15) is 0 Å². The summed E-state index contributed by atoms with van der Waals surface area (Å²) in [4.78, 5) is 4.69. The lowest BCUT2D eigenvalue weighted by Gasteiger charge is -2.11. The minimum Gasteiger partial charge on any atom is -0.330 e. The second-order valence-electron chi connectivity index (χ2n) is 7.65. The zero-order valence-electron chi connectivity index (χ0n) is 17.4. The second kappa shape index (κ2) is 9.75. The summed E-state index contributed by atoms with van der Waals surface area (Å²) in [6.45, 7) is 0.727. The number of hydrogen-bond acceptors (Lipinski definition) is 3. The second-order valence-corrected chi connectivity index (χ2v) is 9.84. The van der Waals surface area contributed by atoms with E-state index in [1.54, 1.807) is 0 Å². The Morgan fingerprint density at radius 2 is 1.29 bits per heavy atom. The Kier molecular flexibility index (Phi) is 6.63. The predicted molar refractivity (Wildman–Crippen MR) is 126 cm³/mol. The molecule has 31 heavy (non-hydrogen) atoms. The monoisotopic (exact) mass is 430 g/mol. The van der Waals surface area contributed by atoms with Crippen molar-refractivity contribution in [3.8, 4) is 22.5 Å². The highest BCUT2D eigenvalue weighted by Crippen LogP contribution is 2.31. The summed E-state index contributed by atoms with van der Waals surface area (Å²) < 4.78 is 27.1. The molecule has 1 aromatic heterocycles. The Labute approximate surface area is 184 Å². The van der Waals surface area contributed by atoms with Crippen molar-refractivity contribution in [3.63, 3.8) is 0 Å². The van der Waals surface area contributed by atoms with E-state index < -0.39 is 9.84 Å². The van der Waals surface area contributed by atoms with Crippen molar-refractivity contribution in [2.24, 2.45) is 0 Å². The summed E-state index contributed by atoms with van der Waals surface area (Å²) in [6.07, 6.45) is 3.27. The van der Waals surface area contributed by atoms with Crippen molar-refractivity contribution >= 4 is 9.84 Å². The lowest BCUT2D eigenvalue weighted by Crippen LogP contribution is -2.10. The van der Waals surface area contributed by atoms with Gasteiger partial charge in [0.05, 0.1) is 29.2 Å². The van der Waals surface area contributed by atoms with E-state index in [0.717, 1.165) is 41.0 Å². The SMILES string of the molecule is O=S(=O)(CCCCn1cnc(-c2ccccc2)c1-c1ccccc1)Cc1ccccc1. The molecule has 0 bridgehead atoms. The Bertz CT molecular complexity index is 1200. The van der Waals surface area contributed by atoms with E-state index in [9.17, 15) is 8.42 Å². The Hall–Kier alpha value is -3.18. The van der Waals surface area contributed by atoms with Gasteiger partial charge in [0, 0.05) is 17.7 Å². The van der Waals surface area contributed by atoms with Crippen LogP contribution in [-0.4, -0.2) is 23.7 Å². The van der Waals surface area contributed by atoms with Gasteiger partial charge in [-0.05, 0) is 18.4 Å². The fourth-order valence-corrected chi connectivity index (χ4v) is 5.25. The maximum Gasteiger partial charge on any atom is 0.154 e. The Morgan fingerprint density at radius 1 is 0.710 bits per heavy atom. The maximum atomic E-state index is 12.5. The van der Waals surface area contributed by atoms with Crippen molar-refractivity contribution in [3.05, 3.63) is 103 Å². The molecule has 0 amide bonds. The molecule has 0 saturated carbocycles. The molecule has 0 fully saturated rings. The van der Waals surface area contributed by atoms with Crippen molar-refractivity contribution in [2.45, 2.75) is 25.1 Å². The van der Waals surface area contributed by atoms with Crippen LogP contribution < -0.4 is 0 Å². The summed E-state index contributed by atoms with van der Waals surface area (Å²) in [5, 5.41) is 0. The van der Waals surface area contributed by atoms with Crippen LogP contribution in [0.1, 0.15) is 18.4 Å². The van der Waals surface area contributed by atoms with Crippen LogP contribution in [0.15, 0.2) is 97.3 Å². The molecule has 3 aromatic carbocycles. The first-order valence-corrected chi connectivity index (χ1v) is 12.3. The van der Waals surface area contributed by atoms with E-state index >= 15 is 0 Å². The van der Waals surface area contributed by atoms with Crippen LogP contribution in [0.5, 0.6) is 0 Å². The molecule has 0 aliphatic rings. The molecule has 5 heteroatoms. The number of hydrogen-bond donors (Lipinski definition) is 0. The van der Waals surface area contributed by atoms with E-state index in [0.29, 0.717) is 6.42 Å². The van der Waals surface area contributed by atoms with Gasteiger partial charge in [-0.3, -0.25) is 0 Å². The van der Waals surface area contributed by atoms with E-state index in [1.165, 1.54) is 0 Å². The number of rotatable bonds is 9. The number of imidazole rings is 1. The van der Waals surface area contributed by atoms with Gasteiger partial charge in [0.15, 0.2) is 9.84 Å². The molecule has 0 aliphatic heterocycles. The largest absolute Gasteiger partial charge is 0.330 e. The normalized spacial score (nSPS) is 11.5. The fraction of sp³-hybridized carbons (Fsp3) is 0.192. The molecule has 158 valence electrons. The average Bonchev–Trinajstić information content (AvgIpc) is 3.22. The number of unbranched alkanes of at least 4 members (excludes halogenated alkanes) is 1. The molecular weight excluding hydrogens is 404 g/mol. The van der Waals surface area contributed by atoms with Crippen LogP contribution in [0, 0.1) is 0 Å². The van der Waals surface area contributed by atoms with Gasteiger partial charge in [0.2, 0.25) is 0 Å². The first kappa shape index (κ1) is 21.1. The standard InChI is InChI=1S/C26H26N2O2S/c29-31(30,20-22-12-4-1-5-13-22)19-11-10-18-28-21-27-25(23-14-6-2-7-15-23)26(28)24-16-8-3-9-17-24/h1-9,12-17,21H,10-11,18-20H2. The van der Waals surface area contributed by atoms with Crippen molar-refractivity contribution in [1.29, 1.82) is 0 Å². The van der Waals surface area contributed by atoms with Crippen LogP contribution in [0.2, 0.25) is 0 Å². The van der Waals surface area contributed by atoms with Crippen LogP contribution in [0.3, 0.4) is 0 Å². The molecule has 0 unspecified atom stereocenters. The average molecular weight is 431 g/mol. The molecule has 4 nitrogen and oxygen atoms in total. The van der Waals surface area contributed by atoms with Crippen molar-refractivity contribution < 1.29 is 8.42 Å². The molecule has 0 aliphatic carbocycles. The quantitative estimate of drug-likeness (QED) is 0.324. The van der Waals surface area contributed by atoms with E-state index in [1.807, 2.05) is 73.1 Å². The van der Waals surface area contributed by atoms with Crippen LogP contribution in [0.25, 0.3) is 22.5 Å². The minimum absolute atomic E-state index is 0.104. The van der Waals surface area contributed by atoms with Gasteiger partial charge >= 0.3 is 0 Å². The summed E-state index contributed by atoms with van der Waals surface area (Å²) in [7, 11) is -3.11. The molecule has 0 saturated heterocycles. The molecule has 0 N–H and O–H groups in total. The van der Waals surface area contributed by atoms with Gasteiger partial charge in [0.1, 0.15) is 0 Å². The third-order valence-corrected chi connectivity index (χ3v) is 6.95. The number of nitrogens with zero attached hydrogens (tertiary/aromatic N) is 2. The number of benzene rings is 3. The topological polar surface area (TPSA) is 52.0 Å². The Morgan fingerprint density at radius 3 is 1.94 bits per heavy atom. The molecular formula is C26H26N2O2S. The molecule has 4 rings (SSSR count). The fourth-order valence-electron chi connectivity index (χ4n) is 3.76. The first-order valence-electron chi connectivity index (χ1n) is 10.5. The third kappa shape index (κ3) is 5.50. The predicted octanol–water partition coefficient (Wildman–Crippen LogP) is 5.61. The maximum absolute atomic E-state index is 12.5. The molecule has 0 atom stereocenters. The zero-order valence-corrected chi connectivity index (χ0v) is 18.2. The molecule has 0 radical (unpaired) electrons. The van der Waals surface area contributed by atoms with Gasteiger partial charge in [0.25, 0.3) is 0 Å². The summed E-state index contributed by atoms with van der Waals surface area (Å²) in [6, 6.07) is 29.8. The number of sulfone groups is 1. The number of aromatic nitrogens is 2. The smallest absolute Gasteiger partial charge is 0.154 e. The van der Waals surface area contributed by atoms with Gasteiger partial charge in [-0.25, -0.2) is 13.4 Å². The van der Waals surface area contributed by atoms with Gasteiger partial charge in [-0.1, -0.05) is 91.0 Å². The van der Waals surface area contributed by atoms with Crippen molar-refractivity contribution in [2.75, 3.05) is 5.75 Å². The van der Waals surface area contributed by atoms with E-state index in [-0.39, 0.29) is 11.5 Å². The molecule has 4 aromatic rings. The van der Waals surface area contributed by atoms with Gasteiger partial charge in [-0.15, -0.1) is 0 Å². The highest BCUT2D eigenvalue weighted by Gasteiger charge is 2.15. The summed E-state index contributed by atoms with van der Waals surface area (Å²) in [5.41, 5.74) is 5.04. The highest BCUT2D eigenvalue weighted by molar-refractivity contribution is 7.90. The minimum atomic E-state index is -3.11. The van der Waals surface area contributed by atoms with Gasteiger partial charge < -0.3 is 4.57 Å². The Balaban J connectivity index is 1.46. The van der Waals surface area contributed by atoms with Crippen molar-refractivity contribution in [1.82, 2.24) is 9.55 Å². The molecule has 1 heterocycles. The van der Waals surface area contributed by atoms with E-state index in [2.05, 4.69) is 28.8 Å². The first-order chi connectivity index (χ1) is 15.1. The third-order valence-electron chi connectivity index (χ3n) is 5.27. The summed E-state index contributed by atoms with van der Waals surface area (Å²) >= 11 is 0. The van der Waals surface area contributed by atoms with E-state index in [4.69, 9.17) is 4.98 Å². The number of aryl methyl sites for hydroxylation is 1. The summed E-state index contributed by atoms with van der Waals surface area (Å²) in [5.74, 6) is 0.301. The molecule has 0 spiro atoms. The van der Waals surface area contributed by atoms with Crippen LogP contribution in [-0.2, 0) is 22.1 Å². The lowest BCUT2D eigenvalue weighted by atomic mass is 10.0. The van der Waals surface area contributed by atoms with Crippen LogP contribution >= 0.6 is 0 Å². The zero-order chi connectivity index (χ0) is 21.5. The lowest BCUT2D eigenvalue weighted by molar-refractivity contribution is 0.583. The highest BCUT2D eigenvalue weighted by atomic mass is 32.2.